The summed E-state index contributed by atoms with van der Waals surface area (Å²) in [5.74, 6) is 0. The Morgan fingerprint density at radius 2 is 1.76 bits per heavy atom. The van der Waals surface area contributed by atoms with Gasteiger partial charge in [-0.15, -0.1) is 0 Å². The zero-order valence-electron chi connectivity index (χ0n) is 10.9. The standard InChI is InChI=1S/C11H23F3N2O/c1-9(7-16-10(2,3)4)15-5-6-17-8-11(12,13)14/h9,15-16H,5-8H2,1-4H3. The van der Waals surface area contributed by atoms with Crippen molar-refractivity contribution in [3.63, 3.8) is 0 Å². The average Bonchev–Trinajstić information content (AvgIpc) is 2.11. The molecule has 0 aromatic rings. The molecule has 0 rings (SSSR count). The molecule has 1 atom stereocenters. The van der Waals surface area contributed by atoms with Crippen LogP contribution in [0.1, 0.15) is 27.7 Å². The van der Waals surface area contributed by atoms with E-state index in [-0.39, 0.29) is 18.2 Å². The van der Waals surface area contributed by atoms with Gasteiger partial charge in [0.1, 0.15) is 6.61 Å². The normalized spacial score (nSPS) is 15.0. The summed E-state index contributed by atoms with van der Waals surface area (Å²) >= 11 is 0. The maximum Gasteiger partial charge on any atom is 0.411 e. The van der Waals surface area contributed by atoms with E-state index < -0.39 is 12.8 Å². The van der Waals surface area contributed by atoms with Gasteiger partial charge >= 0.3 is 6.18 Å². The molecule has 6 heteroatoms. The third-order valence-electron chi connectivity index (χ3n) is 1.94. The second kappa shape index (κ2) is 7.18. The van der Waals surface area contributed by atoms with Gasteiger partial charge < -0.3 is 15.4 Å². The summed E-state index contributed by atoms with van der Waals surface area (Å²) in [5.41, 5.74) is 0.0444. The minimum absolute atomic E-state index is 0.0444. The topological polar surface area (TPSA) is 33.3 Å². The lowest BCUT2D eigenvalue weighted by Gasteiger charge is -2.24. The number of halogens is 3. The Morgan fingerprint density at radius 1 is 1.18 bits per heavy atom. The van der Waals surface area contributed by atoms with Gasteiger partial charge in [0.05, 0.1) is 6.61 Å². The highest BCUT2D eigenvalue weighted by atomic mass is 19.4. The summed E-state index contributed by atoms with van der Waals surface area (Å²) in [6, 6.07) is 0.198. The summed E-state index contributed by atoms with van der Waals surface area (Å²) in [7, 11) is 0. The summed E-state index contributed by atoms with van der Waals surface area (Å²) < 4.78 is 39.7. The number of alkyl halides is 3. The van der Waals surface area contributed by atoms with E-state index >= 15 is 0 Å². The van der Waals surface area contributed by atoms with E-state index in [4.69, 9.17) is 0 Å². The molecule has 0 spiro atoms. The summed E-state index contributed by atoms with van der Waals surface area (Å²) in [5, 5.41) is 6.39. The molecule has 0 aliphatic rings. The van der Waals surface area contributed by atoms with E-state index in [9.17, 15) is 13.2 Å². The van der Waals surface area contributed by atoms with Gasteiger partial charge in [0.2, 0.25) is 0 Å². The van der Waals surface area contributed by atoms with E-state index in [1.807, 2.05) is 6.92 Å². The van der Waals surface area contributed by atoms with Crippen molar-refractivity contribution in [2.45, 2.75) is 45.5 Å². The number of ether oxygens (including phenoxy) is 1. The van der Waals surface area contributed by atoms with Crippen LogP contribution in [0.2, 0.25) is 0 Å². The highest BCUT2D eigenvalue weighted by Crippen LogP contribution is 2.13. The second-order valence-electron chi connectivity index (χ2n) is 5.15. The van der Waals surface area contributed by atoms with Crippen molar-refractivity contribution in [1.29, 1.82) is 0 Å². The van der Waals surface area contributed by atoms with E-state index in [0.29, 0.717) is 6.54 Å². The zero-order chi connectivity index (χ0) is 13.5. The largest absolute Gasteiger partial charge is 0.411 e. The van der Waals surface area contributed by atoms with Crippen LogP contribution in [-0.4, -0.2) is 44.1 Å². The lowest BCUT2D eigenvalue weighted by molar-refractivity contribution is -0.173. The fourth-order valence-corrected chi connectivity index (χ4v) is 1.10. The van der Waals surface area contributed by atoms with Crippen LogP contribution in [0.3, 0.4) is 0 Å². The first-order valence-corrected chi connectivity index (χ1v) is 5.73. The number of hydrogen-bond acceptors (Lipinski definition) is 3. The number of nitrogens with one attached hydrogen (secondary N) is 2. The third kappa shape index (κ3) is 13.6. The van der Waals surface area contributed by atoms with Crippen molar-refractivity contribution in [1.82, 2.24) is 10.6 Å². The molecular weight excluding hydrogens is 233 g/mol. The Morgan fingerprint density at radius 3 is 2.24 bits per heavy atom. The van der Waals surface area contributed by atoms with Crippen molar-refractivity contribution in [3.8, 4) is 0 Å². The molecular formula is C11H23F3N2O. The lowest BCUT2D eigenvalue weighted by Crippen LogP contribution is -2.45. The van der Waals surface area contributed by atoms with Crippen molar-refractivity contribution in [3.05, 3.63) is 0 Å². The third-order valence-corrected chi connectivity index (χ3v) is 1.94. The monoisotopic (exact) mass is 256 g/mol. The van der Waals surface area contributed by atoms with E-state index in [1.54, 1.807) is 0 Å². The van der Waals surface area contributed by atoms with Crippen LogP contribution >= 0.6 is 0 Å². The fraction of sp³-hybridized carbons (Fsp3) is 1.00. The highest BCUT2D eigenvalue weighted by Gasteiger charge is 2.27. The molecule has 0 amide bonds. The van der Waals surface area contributed by atoms with Gasteiger partial charge in [-0.3, -0.25) is 0 Å². The van der Waals surface area contributed by atoms with Gasteiger partial charge in [0.15, 0.2) is 0 Å². The van der Waals surface area contributed by atoms with Crippen LogP contribution in [0.4, 0.5) is 13.2 Å². The average molecular weight is 256 g/mol. The Bertz CT molecular complexity index is 202. The van der Waals surface area contributed by atoms with Gasteiger partial charge in [0, 0.05) is 24.7 Å². The lowest BCUT2D eigenvalue weighted by atomic mass is 10.1. The van der Waals surface area contributed by atoms with Crippen LogP contribution < -0.4 is 10.6 Å². The van der Waals surface area contributed by atoms with Gasteiger partial charge in [-0.05, 0) is 27.7 Å². The Balaban J connectivity index is 3.43. The second-order valence-corrected chi connectivity index (χ2v) is 5.15. The summed E-state index contributed by atoms with van der Waals surface area (Å²) in [4.78, 5) is 0. The molecule has 0 aromatic carbocycles. The minimum atomic E-state index is -4.24. The maximum atomic E-state index is 11.7. The first-order chi connectivity index (χ1) is 7.60. The van der Waals surface area contributed by atoms with E-state index in [0.717, 1.165) is 6.54 Å². The van der Waals surface area contributed by atoms with Crippen LogP contribution in [0.25, 0.3) is 0 Å². The quantitative estimate of drug-likeness (QED) is 0.683. The van der Waals surface area contributed by atoms with Crippen molar-refractivity contribution >= 4 is 0 Å². The van der Waals surface area contributed by atoms with Gasteiger partial charge in [-0.1, -0.05) is 0 Å². The molecule has 104 valence electrons. The van der Waals surface area contributed by atoms with Gasteiger partial charge in [-0.25, -0.2) is 0 Å². The molecule has 0 aromatic heterocycles. The predicted molar refractivity (Wildman–Crippen MR) is 62.1 cm³/mol. The summed E-state index contributed by atoms with van der Waals surface area (Å²) in [6.07, 6.45) is -4.24. The minimum Gasteiger partial charge on any atom is -0.371 e. The summed E-state index contributed by atoms with van der Waals surface area (Å²) in [6.45, 7) is 8.24. The molecule has 0 aliphatic carbocycles. The molecule has 0 aliphatic heterocycles. The first kappa shape index (κ1) is 16.7. The van der Waals surface area contributed by atoms with Crippen molar-refractivity contribution in [2.24, 2.45) is 0 Å². The molecule has 0 radical (unpaired) electrons. The van der Waals surface area contributed by atoms with Gasteiger partial charge in [0.25, 0.3) is 0 Å². The molecule has 0 saturated carbocycles. The van der Waals surface area contributed by atoms with Crippen LogP contribution in [-0.2, 0) is 4.74 Å². The number of hydrogen-bond donors (Lipinski definition) is 2. The van der Waals surface area contributed by atoms with Gasteiger partial charge in [-0.2, -0.15) is 13.2 Å². The first-order valence-electron chi connectivity index (χ1n) is 5.73. The zero-order valence-corrected chi connectivity index (χ0v) is 10.9. The molecule has 0 fully saturated rings. The molecule has 2 N–H and O–H groups in total. The van der Waals surface area contributed by atoms with Crippen LogP contribution in [0, 0.1) is 0 Å². The Hall–Kier alpha value is -0.330. The molecule has 0 bridgehead atoms. The van der Waals surface area contributed by atoms with Crippen LogP contribution in [0.5, 0.6) is 0 Å². The molecule has 0 heterocycles. The highest BCUT2D eigenvalue weighted by molar-refractivity contribution is 4.74. The van der Waals surface area contributed by atoms with Crippen LogP contribution in [0.15, 0.2) is 0 Å². The molecule has 0 saturated heterocycles. The molecule has 3 nitrogen and oxygen atoms in total. The maximum absolute atomic E-state index is 11.7. The van der Waals surface area contributed by atoms with Crippen molar-refractivity contribution in [2.75, 3.05) is 26.3 Å². The smallest absolute Gasteiger partial charge is 0.371 e. The molecule has 1 unspecified atom stereocenters. The SMILES string of the molecule is CC(CNC(C)(C)C)NCCOCC(F)(F)F. The molecule has 17 heavy (non-hydrogen) atoms. The Kier molecular flexibility index (Phi) is 7.04. The van der Waals surface area contributed by atoms with E-state index in [2.05, 4.69) is 36.1 Å². The number of rotatable bonds is 7. The predicted octanol–water partition coefficient (Wildman–Crippen LogP) is 1.93. The van der Waals surface area contributed by atoms with Crippen molar-refractivity contribution < 1.29 is 17.9 Å². The fourth-order valence-electron chi connectivity index (χ4n) is 1.10. The Labute approximate surface area is 101 Å². The van der Waals surface area contributed by atoms with E-state index in [1.165, 1.54) is 0 Å².